The van der Waals surface area contributed by atoms with Crippen molar-refractivity contribution in [3.63, 3.8) is 0 Å². The van der Waals surface area contributed by atoms with Crippen LogP contribution in [0.1, 0.15) is 28.6 Å². The number of nitrogen functional groups attached to an aromatic ring is 1. The summed E-state index contributed by atoms with van der Waals surface area (Å²) < 4.78 is 5.71. The summed E-state index contributed by atoms with van der Waals surface area (Å²) in [5, 5.41) is 0.960. The van der Waals surface area contributed by atoms with E-state index in [-0.39, 0.29) is 5.92 Å². The van der Waals surface area contributed by atoms with Gasteiger partial charge in [-0.25, -0.2) is 9.97 Å². The first kappa shape index (κ1) is 12.6. The Hall–Kier alpha value is -2.14. The van der Waals surface area contributed by atoms with Crippen LogP contribution in [0.4, 0.5) is 5.82 Å². The first-order chi connectivity index (χ1) is 10.2. The highest BCUT2D eigenvalue weighted by Gasteiger charge is 2.26. The molecule has 0 saturated heterocycles. The standard InChI is InChI=1S/C16H15N3OS/c1-9-8-12-14(17)18-15(19-16(12)21-9)11-6-7-20-13-5-3-2-4-10(11)13/h2-5,8,11H,6-7H2,1H3,(H2,17,18,19). The Morgan fingerprint density at radius 3 is 3.05 bits per heavy atom. The number of rotatable bonds is 1. The summed E-state index contributed by atoms with van der Waals surface area (Å²) in [6, 6.07) is 10.2. The van der Waals surface area contributed by atoms with Gasteiger partial charge in [-0.15, -0.1) is 11.3 Å². The highest BCUT2D eigenvalue weighted by atomic mass is 32.1. The molecule has 0 bridgehead atoms. The van der Waals surface area contributed by atoms with Gasteiger partial charge in [0.05, 0.1) is 17.9 Å². The summed E-state index contributed by atoms with van der Waals surface area (Å²) in [6.45, 7) is 2.75. The van der Waals surface area contributed by atoms with Gasteiger partial charge >= 0.3 is 0 Å². The first-order valence-corrected chi connectivity index (χ1v) is 7.79. The summed E-state index contributed by atoms with van der Waals surface area (Å²) >= 11 is 1.66. The summed E-state index contributed by atoms with van der Waals surface area (Å²) in [5.74, 6) is 2.46. The number of thiophene rings is 1. The number of benzene rings is 1. The van der Waals surface area contributed by atoms with E-state index in [2.05, 4.69) is 24.0 Å². The minimum atomic E-state index is 0.157. The fraction of sp³-hybridized carbons (Fsp3) is 0.250. The number of anilines is 1. The number of hydrogen-bond donors (Lipinski definition) is 1. The van der Waals surface area contributed by atoms with Crippen molar-refractivity contribution in [1.82, 2.24) is 9.97 Å². The number of aryl methyl sites for hydroxylation is 1. The lowest BCUT2D eigenvalue weighted by molar-refractivity contribution is 0.274. The molecule has 0 fully saturated rings. The van der Waals surface area contributed by atoms with Gasteiger partial charge in [-0.2, -0.15) is 0 Å². The molecule has 4 rings (SSSR count). The van der Waals surface area contributed by atoms with Crippen molar-refractivity contribution >= 4 is 27.4 Å². The van der Waals surface area contributed by atoms with Crippen LogP contribution in [0.3, 0.4) is 0 Å². The van der Waals surface area contributed by atoms with Crippen LogP contribution in [0, 0.1) is 6.92 Å². The molecule has 1 unspecified atom stereocenters. The number of hydrogen-bond acceptors (Lipinski definition) is 5. The second-order valence-electron chi connectivity index (χ2n) is 5.27. The summed E-state index contributed by atoms with van der Waals surface area (Å²) in [4.78, 5) is 11.5. The van der Waals surface area contributed by atoms with Crippen molar-refractivity contribution in [2.75, 3.05) is 12.3 Å². The highest BCUT2D eigenvalue weighted by Crippen LogP contribution is 2.38. The number of para-hydroxylation sites is 1. The third-order valence-corrected chi connectivity index (χ3v) is 4.78. The van der Waals surface area contributed by atoms with Crippen molar-refractivity contribution in [3.8, 4) is 5.75 Å². The molecule has 1 aliphatic heterocycles. The summed E-state index contributed by atoms with van der Waals surface area (Å²) in [5.41, 5.74) is 7.27. The van der Waals surface area contributed by atoms with E-state index in [1.54, 1.807) is 11.3 Å². The van der Waals surface area contributed by atoms with Crippen LogP contribution in [0.2, 0.25) is 0 Å². The topological polar surface area (TPSA) is 61.0 Å². The molecule has 0 amide bonds. The Labute approximate surface area is 126 Å². The molecule has 0 saturated carbocycles. The Morgan fingerprint density at radius 2 is 2.14 bits per heavy atom. The molecule has 1 aliphatic rings. The number of fused-ring (bicyclic) bond motifs is 2. The van der Waals surface area contributed by atoms with Crippen molar-refractivity contribution < 1.29 is 4.74 Å². The van der Waals surface area contributed by atoms with Gasteiger partial charge in [0.25, 0.3) is 0 Å². The van der Waals surface area contributed by atoms with Gasteiger partial charge in [0.1, 0.15) is 22.2 Å². The van der Waals surface area contributed by atoms with Crippen molar-refractivity contribution in [2.24, 2.45) is 0 Å². The molecule has 1 atom stereocenters. The summed E-state index contributed by atoms with van der Waals surface area (Å²) in [6.07, 6.45) is 0.881. The second kappa shape index (κ2) is 4.70. The quantitative estimate of drug-likeness (QED) is 0.747. The molecule has 2 aromatic heterocycles. The van der Waals surface area contributed by atoms with Gasteiger partial charge in [-0.3, -0.25) is 0 Å². The third kappa shape index (κ3) is 2.05. The largest absolute Gasteiger partial charge is 0.493 e. The maximum absolute atomic E-state index is 6.12. The molecule has 0 spiro atoms. The van der Waals surface area contributed by atoms with Crippen LogP contribution >= 0.6 is 11.3 Å². The van der Waals surface area contributed by atoms with Gasteiger partial charge in [0.15, 0.2) is 0 Å². The van der Waals surface area contributed by atoms with Gasteiger partial charge < -0.3 is 10.5 Å². The van der Waals surface area contributed by atoms with E-state index in [0.717, 1.165) is 33.8 Å². The minimum Gasteiger partial charge on any atom is -0.493 e. The van der Waals surface area contributed by atoms with Crippen LogP contribution in [-0.4, -0.2) is 16.6 Å². The fourth-order valence-electron chi connectivity index (χ4n) is 2.85. The van der Waals surface area contributed by atoms with E-state index in [0.29, 0.717) is 12.4 Å². The monoisotopic (exact) mass is 297 g/mol. The molecule has 0 aliphatic carbocycles. The van der Waals surface area contributed by atoms with Gasteiger partial charge in [0, 0.05) is 10.4 Å². The van der Waals surface area contributed by atoms with Gasteiger partial charge in [0.2, 0.25) is 0 Å². The molecule has 3 aromatic rings. The first-order valence-electron chi connectivity index (χ1n) is 6.97. The van der Waals surface area contributed by atoms with E-state index >= 15 is 0 Å². The Kier molecular flexibility index (Phi) is 2.82. The molecule has 1 aromatic carbocycles. The highest BCUT2D eigenvalue weighted by molar-refractivity contribution is 7.18. The normalized spacial score (nSPS) is 17.5. The Balaban J connectivity index is 1.87. The average Bonchev–Trinajstić information content (AvgIpc) is 2.87. The van der Waals surface area contributed by atoms with Crippen LogP contribution in [-0.2, 0) is 0 Å². The lowest BCUT2D eigenvalue weighted by Crippen LogP contribution is -2.17. The predicted molar refractivity (Wildman–Crippen MR) is 85.0 cm³/mol. The average molecular weight is 297 g/mol. The van der Waals surface area contributed by atoms with E-state index in [9.17, 15) is 0 Å². The van der Waals surface area contributed by atoms with Gasteiger partial charge in [-0.1, -0.05) is 18.2 Å². The van der Waals surface area contributed by atoms with Gasteiger partial charge in [-0.05, 0) is 25.5 Å². The molecule has 2 N–H and O–H groups in total. The SMILES string of the molecule is Cc1cc2c(N)nc(C3CCOc4ccccc43)nc2s1. The van der Waals surface area contributed by atoms with Crippen LogP contribution < -0.4 is 10.5 Å². The Bertz CT molecular complexity index is 828. The maximum Gasteiger partial charge on any atom is 0.140 e. The second-order valence-corrected chi connectivity index (χ2v) is 6.51. The molecule has 3 heterocycles. The molecule has 0 radical (unpaired) electrons. The van der Waals surface area contributed by atoms with Crippen LogP contribution in [0.5, 0.6) is 5.75 Å². The number of ether oxygens (including phenoxy) is 1. The van der Waals surface area contributed by atoms with E-state index < -0.39 is 0 Å². The van der Waals surface area contributed by atoms with E-state index in [4.69, 9.17) is 15.5 Å². The Morgan fingerprint density at radius 1 is 1.29 bits per heavy atom. The zero-order valence-electron chi connectivity index (χ0n) is 11.7. The third-order valence-electron chi connectivity index (χ3n) is 3.83. The molecule has 21 heavy (non-hydrogen) atoms. The number of nitrogens with zero attached hydrogens (tertiary/aromatic N) is 2. The minimum absolute atomic E-state index is 0.157. The maximum atomic E-state index is 6.12. The number of aromatic nitrogens is 2. The van der Waals surface area contributed by atoms with Crippen LogP contribution in [0.15, 0.2) is 30.3 Å². The molecule has 4 nitrogen and oxygen atoms in total. The molecule has 106 valence electrons. The zero-order chi connectivity index (χ0) is 14.4. The lowest BCUT2D eigenvalue weighted by Gasteiger charge is -2.24. The fourth-order valence-corrected chi connectivity index (χ4v) is 3.74. The van der Waals surface area contributed by atoms with Crippen molar-refractivity contribution in [3.05, 3.63) is 46.6 Å². The summed E-state index contributed by atoms with van der Waals surface area (Å²) in [7, 11) is 0. The molecular formula is C16H15N3OS. The van der Waals surface area contributed by atoms with Crippen LogP contribution in [0.25, 0.3) is 10.2 Å². The number of nitrogens with two attached hydrogens (primary N) is 1. The molecular weight excluding hydrogens is 282 g/mol. The van der Waals surface area contributed by atoms with Crippen molar-refractivity contribution in [2.45, 2.75) is 19.3 Å². The predicted octanol–water partition coefficient (Wildman–Crippen LogP) is 3.50. The molecule has 5 heteroatoms. The van der Waals surface area contributed by atoms with E-state index in [1.165, 1.54) is 4.88 Å². The zero-order valence-corrected chi connectivity index (χ0v) is 12.5. The van der Waals surface area contributed by atoms with E-state index in [1.807, 2.05) is 18.2 Å². The lowest BCUT2D eigenvalue weighted by atomic mass is 9.92. The smallest absolute Gasteiger partial charge is 0.140 e. The van der Waals surface area contributed by atoms with Crippen molar-refractivity contribution in [1.29, 1.82) is 0 Å².